The van der Waals surface area contributed by atoms with Crippen molar-refractivity contribution in [3.63, 3.8) is 0 Å². The van der Waals surface area contributed by atoms with Crippen LogP contribution in [0.1, 0.15) is 13.8 Å². The van der Waals surface area contributed by atoms with E-state index in [-0.39, 0.29) is 0 Å². The van der Waals surface area contributed by atoms with Crippen LogP contribution in [0.5, 0.6) is 0 Å². The number of rotatable bonds is 2. The van der Waals surface area contributed by atoms with Gasteiger partial charge in [0.2, 0.25) is 0 Å². The number of hydrogen-bond acceptors (Lipinski definition) is 1. The molecule has 2 heteroatoms. The molecule has 0 fully saturated rings. The second-order valence-corrected chi connectivity index (χ2v) is 2.53. The average Bonchev–Trinajstić information content (AvgIpc) is 1.35. The van der Waals surface area contributed by atoms with E-state index in [0.29, 0.717) is 5.92 Å². The Hall–Kier alpha value is 0.648. The Bertz CT molecular complexity index is 28.7. The van der Waals surface area contributed by atoms with Crippen molar-refractivity contribution in [2.24, 2.45) is 5.92 Å². The van der Waals surface area contributed by atoms with Crippen molar-refractivity contribution in [2.75, 3.05) is 6.61 Å². The second kappa shape index (κ2) is 3.83. The van der Waals surface area contributed by atoms with Gasteiger partial charge in [-0.25, -0.2) is 0 Å². The summed E-state index contributed by atoms with van der Waals surface area (Å²) < 4.78 is 4.89. The minimum atomic E-state index is 0.697. The predicted molar refractivity (Wildman–Crippen MR) is 20.8 cm³/mol. The quantitative estimate of drug-likeness (QED) is 0.720. The molecule has 0 saturated heterocycles. The van der Waals surface area contributed by atoms with Crippen LogP contribution in [0.25, 0.3) is 0 Å². The molecule has 0 rings (SSSR count). The molecule has 0 amide bonds. The zero-order valence-corrected chi connectivity index (χ0v) is 7.03. The van der Waals surface area contributed by atoms with Crippen molar-refractivity contribution in [1.29, 1.82) is 0 Å². The van der Waals surface area contributed by atoms with Gasteiger partial charge in [-0.15, -0.1) is 0 Å². The molecule has 6 heavy (non-hydrogen) atoms. The summed E-state index contributed by atoms with van der Waals surface area (Å²) in [5, 5.41) is 0. The Balaban J connectivity index is 2.63. The van der Waals surface area contributed by atoms with Gasteiger partial charge in [0, 0.05) is 0 Å². The van der Waals surface area contributed by atoms with E-state index in [4.69, 9.17) is 3.39 Å². The Morgan fingerprint density at radius 3 is 2.17 bits per heavy atom. The SMILES string of the molecule is CC(C)C[O][W]. The van der Waals surface area contributed by atoms with Gasteiger partial charge in [0.1, 0.15) is 0 Å². The van der Waals surface area contributed by atoms with E-state index in [2.05, 4.69) is 13.8 Å². The first-order valence-electron chi connectivity index (χ1n) is 2.02. The molecule has 0 aliphatic rings. The van der Waals surface area contributed by atoms with Crippen LogP contribution in [0.2, 0.25) is 0 Å². The van der Waals surface area contributed by atoms with Crippen molar-refractivity contribution in [3.05, 3.63) is 0 Å². The van der Waals surface area contributed by atoms with Crippen molar-refractivity contribution in [3.8, 4) is 0 Å². The summed E-state index contributed by atoms with van der Waals surface area (Å²) in [4.78, 5) is 0. The van der Waals surface area contributed by atoms with Crippen molar-refractivity contribution < 1.29 is 23.6 Å². The molecule has 37 valence electrons. The van der Waals surface area contributed by atoms with E-state index in [9.17, 15) is 0 Å². The van der Waals surface area contributed by atoms with Crippen LogP contribution >= 0.6 is 0 Å². The van der Waals surface area contributed by atoms with Gasteiger partial charge in [0.25, 0.3) is 0 Å². The molecule has 0 saturated carbocycles. The van der Waals surface area contributed by atoms with Crippen molar-refractivity contribution in [1.82, 2.24) is 0 Å². The first-order valence-corrected chi connectivity index (χ1v) is 3.22. The van der Waals surface area contributed by atoms with Crippen LogP contribution in [-0.4, -0.2) is 6.61 Å². The molecular formula is C4H9OW. The van der Waals surface area contributed by atoms with E-state index in [0.717, 1.165) is 6.61 Å². The van der Waals surface area contributed by atoms with Gasteiger partial charge in [-0.1, -0.05) is 0 Å². The maximum absolute atomic E-state index is 4.89. The summed E-state index contributed by atoms with van der Waals surface area (Å²) in [7, 11) is 0. The third-order valence-electron chi connectivity index (χ3n) is 0.401. The van der Waals surface area contributed by atoms with E-state index < -0.39 is 0 Å². The third-order valence-corrected chi connectivity index (χ3v) is 0.890. The van der Waals surface area contributed by atoms with E-state index in [1.807, 2.05) is 0 Å². The molecule has 0 N–H and O–H groups in total. The molecule has 0 spiro atoms. The summed E-state index contributed by atoms with van der Waals surface area (Å²) in [6.07, 6.45) is 0. The fourth-order valence-electron chi connectivity index (χ4n) is 0.136. The summed E-state index contributed by atoms with van der Waals surface area (Å²) >= 11 is 1.22. The molecule has 0 aliphatic heterocycles. The van der Waals surface area contributed by atoms with Crippen LogP contribution in [0.15, 0.2) is 0 Å². The van der Waals surface area contributed by atoms with Crippen molar-refractivity contribution in [2.45, 2.75) is 13.8 Å². The van der Waals surface area contributed by atoms with Crippen LogP contribution in [0.4, 0.5) is 0 Å². The van der Waals surface area contributed by atoms with Gasteiger partial charge in [-0.05, 0) is 0 Å². The predicted octanol–water partition coefficient (Wildman–Crippen LogP) is 1.12. The fraction of sp³-hybridized carbons (Fsp3) is 1.00. The van der Waals surface area contributed by atoms with Crippen LogP contribution < -0.4 is 0 Å². The standard InChI is InChI=1S/C4H9O.W/c1-4(2)3-5;/h4H,3H2,1-2H3;/q-1;+1. The molecule has 0 aromatic rings. The Kier molecular flexibility index (Phi) is 4.24. The maximum atomic E-state index is 4.89. The Labute approximate surface area is 50.4 Å². The van der Waals surface area contributed by atoms with E-state index >= 15 is 0 Å². The molecule has 0 aromatic heterocycles. The molecule has 0 heterocycles. The first kappa shape index (κ1) is 6.65. The van der Waals surface area contributed by atoms with Gasteiger partial charge in [-0.3, -0.25) is 0 Å². The molecule has 1 nitrogen and oxygen atoms in total. The molecule has 0 unspecified atom stereocenters. The summed E-state index contributed by atoms with van der Waals surface area (Å²) in [6.45, 7) is 5.20. The zero-order chi connectivity index (χ0) is 4.99. The van der Waals surface area contributed by atoms with Crippen molar-refractivity contribution >= 4 is 0 Å². The fourth-order valence-corrected chi connectivity index (χ4v) is 1.11. The second-order valence-electron chi connectivity index (χ2n) is 1.68. The number of hydrogen-bond donors (Lipinski definition) is 0. The van der Waals surface area contributed by atoms with Crippen LogP contribution in [0.3, 0.4) is 0 Å². The van der Waals surface area contributed by atoms with Crippen LogP contribution in [-0.2, 0) is 23.6 Å². The summed E-state index contributed by atoms with van der Waals surface area (Å²) in [6, 6.07) is 0. The van der Waals surface area contributed by atoms with Crippen LogP contribution in [0, 0.1) is 5.92 Å². The molecular weight excluding hydrogens is 248 g/mol. The molecule has 0 radical (unpaired) electrons. The summed E-state index contributed by atoms with van der Waals surface area (Å²) in [5.74, 6) is 0.697. The Morgan fingerprint density at radius 2 is 2.17 bits per heavy atom. The molecule has 0 aliphatic carbocycles. The normalized spacial score (nSPS) is 9.83. The van der Waals surface area contributed by atoms with Gasteiger partial charge < -0.3 is 0 Å². The molecule has 0 atom stereocenters. The average molecular weight is 257 g/mol. The zero-order valence-electron chi connectivity index (χ0n) is 4.10. The third kappa shape index (κ3) is 4.65. The topological polar surface area (TPSA) is 9.23 Å². The molecule has 0 aromatic carbocycles. The minimum absolute atomic E-state index is 0.697. The van der Waals surface area contributed by atoms with Gasteiger partial charge in [0.05, 0.1) is 0 Å². The van der Waals surface area contributed by atoms with Gasteiger partial charge in [-0.2, -0.15) is 0 Å². The van der Waals surface area contributed by atoms with Gasteiger partial charge >= 0.3 is 50.0 Å². The first-order chi connectivity index (χ1) is 2.77. The monoisotopic (exact) mass is 257 g/mol. The van der Waals surface area contributed by atoms with E-state index in [1.165, 1.54) is 20.2 Å². The van der Waals surface area contributed by atoms with E-state index in [1.54, 1.807) is 0 Å². The molecule has 0 bridgehead atoms. The Morgan fingerprint density at radius 1 is 1.67 bits per heavy atom. The summed E-state index contributed by atoms with van der Waals surface area (Å²) in [5.41, 5.74) is 0. The van der Waals surface area contributed by atoms with Gasteiger partial charge in [0.15, 0.2) is 0 Å².